The first-order valence-electron chi connectivity index (χ1n) is 7.55. The van der Waals surface area contributed by atoms with E-state index in [1.165, 1.54) is 0 Å². The molecule has 5 heteroatoms. The molecular weight excluding hydrogens is 264 g/mol. The Labute approximate surface area is 127 Å². The maximum absolute atomic E-state index is 12.0. The van der Waals surface area contributed by atoms with E-state index in [0.29, 0.717) is 24.2 Å². The lowest BCUT2D eigenvalue weighted by Crippen LogP contribution is -2.55. The number of amides is 1. The number of nitrogens with zero attached hydrogens (tertiary/aromatic N) is 2. The van der Waals surface area contributed by atoms with Gasteiger partial charge in [-0.25, -0.2) is 0 Å². The second kappa shape index (κ2) is 6.91. The van der Waals surface area contributed by atoms with Crippen molar-refractivity contribution in [2.45, 2.75) is 32.4 Å². The second-order valence-electron chi connectivity index (χ2n) is 6.05. The van der Waals surface area contributed by atoms with Crippen LogP contribution in [0, 0.1) is 0 Å². The number of benzene rings is 1. The maximum Gasteiger partial charge on any atom is 0.225 e. The Kier molecular flexibility index (Phi) is 5.20. The molecule has 2 rings (SSSR count). The molecule has 2 unspecified atom stereocenters. The molecule has 0 spiro atoms. The van der Waals surface area contributed by atoms with Crippen LogP contribution in [0.4, 0.5) is 11.4 Å². The molecule has 1 aromatic carbocycles. The van der Waals surface area contributed by atoms with Gasteiger partial charge in [0.15, 0.2) is 0 Å². The largest absolute Gasteiger partial charge is 0.399 e. The van der Waals surface area contributed by atoms with E-state index in [0.717, 1.165) is 25.3 Å². The van der Waals surface area contributed by atoms with Crippen molar-refractivity contribution in [2.75, 3.05) is 37.7 Å². The summed E-state index contributed by atoms with van der Waals surface area (Å²) < 4.78 is 0. The van der Waals surface area contributed by atoms with Gasteiger partial charge in [0.25, 0.3) is 0 Å². The maximum atomic E-state index is 12.0. The van der Waals surface area contributed by atoms with E-state index < -0.39 is 0 Å². The van der Waals surface area contributed by atoms with E-state index in [2.05, 4.69) is 36.0 Å². The minimum atomic E-state index is 0.0415. The van der Waals surface area contributed by atoms with Crippen molar-refractivity contribution in [1.29, 1.82) is 0 Å². The molecule has 1 heterocycles. The molecular formula is C16H26N4O. The first-order chi connectivity index (χ1) is 9.95. The zero-order chi connectivity index (χ0) is 15.4. The minimum absolute atomic E-state index is 0.0415. The Morgan fingerprint density at radius 3 is 2.62 bits per heavy atom. The molecule has 1 saturated heterocycles. The highest BCUT2D eigenvalue weighted by Gasteiger charge is 2.26. The van der Waals surface area contributed by atoms with Crippen LogP contribution < -0.4 is 11.1 Å². The first kappa shape index (κ1) is 15.8. The van der Waals surface area contributed by atoms with Gasteiger partial charge in [-0.2, -0.15) is 0 Å². The summed E-state index contributed by atoms with van der Waals surface area (Å²) in [7, 11) is 2.17. The topological polar surface area (TPSA) is 61.6 Å². The fourth-order valence-corrected chi connectivity index (χ4v) is 2.80. The monoisotopic (exact) mass is 290 g/mol. The molecule has 2 atom stereocenters. The molecule has 0 aromatic heterocycles. The molecule has 0 saturated carbocycles. The fraction of sp³-hybridized carbons (Fsp3) is 0.562. The van der Waals surface area contributed by atoms with Crippen molar-refractivity contribution in [3.05, 3.63) is 24.3 Å². The quantitative estimate of drug-likeness (QED) is 0.827. The number of nitrogens with two attached hydrogens (primary N) is 1. The molecule has 0 radical (unpaired) electrons. The standard InChI is InChI=1S/C16H26N4O/c1-12-10-20(11-13(2)19(12)3)8-7-16(21)18-15-6-4-5-14(17)9-15/h4-6,9,12-13H,7-8,10-11,17H2,1-3H3,(H,18,21). The number of hydrogen-bond acceptors (Lipinski definition) is 4. The van der Waals surface area contributed by atoms with Gasteiger partial charge < -0.3 is 11.1 Å². The molecule has 1 aliphatic rings. The van der Waals surface area contributed by atoms with Crippen LogP contribution >= 0.6 is 0 Å². The highest BCUT2D eigenvalue weighted by molar-refractivity contribution is 5.91. The number of likely N-dealkylation sites (N-methyl/N-ethyl adjacent to an activating group) is 1. The second-order valence-corrected chi connectivity index (χ2v) is 6.05. The molecule has 0 aliphatic carbocycles. The third kappa shape index (κ3) is 4.44. The van der Waals surface area contributed by atoms with Crippen molar-refractivity contribution in [1.82, 2.24) is 9.80 Å². The van der Waals surface area contributed by atoms with Crippen molar-refractivity contribution in [3.63, 3.8) is 0 Å². The van der Waals surface area contributed by atoms with Gasteiger partial charge in [0, 0.05) is 49.5 Å². The van der Waals surface area contributed by atoms with Crippen molar-refractivity contribution in [3.8, 4) is 0 Å². The summed E-state index contributed by atoms with van der Waals surface area (Å²) >= 11 is 0. The van der Waals surface area contributed by atoms with Crippen LogP contribution in [0.2, 0.25) is 0 Å². The van der Waals surface area contributed by atoms with Gasteiger partial charge in [0.1, 0.15) is 0 Å². The molecule has 5 nitrogen and oxygen atoms in total. The number of carbonyl (C=O) groups is 1. The summed E-state index contributed by atoms with van der Waals surface area (Å²) in [6, 6.07) is 8.35. The molecule has 1 fully saturated rings. The highest BCUT2D eigenvalue weighted by Crippen LogP contribution is 2.14. The number of nitrogens with one attached hydrogen (secondary N) is 1. The predicted octanol–water partition coefficient (Wildman–Crippen LogP) is 1.62. The van der Waals surface area contributed by atoms with Crippen LogP contribution in [0.15, 0.2) is 24.3 Å². The van der Waals surface area contributed by atoms with E-state index in [1.54, 1.807) is 6.07 Å². The van der Waals surface area contributed by atoms with E-state index in [9.17, 15) is 4.79 Å². The summed E-state index contributed by atoms with van der Waals surface area (Å²) in [5.74, 6) is 0.0415. The van der Waals surface area contributed by atoms with Crippen LogP contribution in [0.5, 0.6) is 0 Å². The normalized spacial score (nSPS) is 24.0. The smallest absolute Gasteiger partial charge is 0.225 e. The zero-order valence-corrected chi connectivity index (χ0v) is 13.2. The summed E-state index contributed by atoms with van der Waals surface area (Å²) in [4.78, 5) is 16.8. The summed E-state index contributed by atoms with van der Waals surface area (Å²) in [6.07, 6.45) is 0.512. The Hall–Kier alpha value is -1.59. The zero-order valence-electron chi connectivity index (χ0n) is 13.2. The molecule has 1 aromatic rings. The lowest BCUT2D eigenvalue weighted by atomic mass is 10.1. The highest BCUT2D eigenvalue weighted by atomic mass is 16.1. The van der Waals surface area contributed by atoms with Crippen LogP contribution in [-0.2, 0) is 4.79 Å². The Morgan fingerprint density at radius 1 is 1.33 bits per heavy atom. The number of carbonyl (C=O) groups excluding carboxylic acids is 1. The van der Waals surface area contributed by atoms with Crippen molar-refractivity contribution < 1.29 is 4.79 Å². The van der Waals surface area contributed by atoms with E-state index in [1.807, 2.05) is 18.2 Å². The Balaban J connectivity index is 1.79. The lowest BCUT2D eigenvalue weighted by molar-refractivity contribution is -0.116. The van der Waals surface area contributed by atoms with Crippen LogP contribution in [0.3, 0.4) is 0 Å². The summed E-state index contributed by atoms with van der Waals surface area (Å²) in [6.45, 7) is 7.31. The average Bonchev–Trinajstić information content (AvgIpc) is 2.42. The Morgan fingerprint density at radius 2 is 2.00 bits per heavy atom. The average molecular weight is 290 g/mol. The Bertz CT molecular complexity index is 479. The number of piperazine rings is 1. The molecule has 3 N–H and O–H groups in total. The summed E-state index contributed by atoms with van der Waals surface area (Å²) in [5, 5.41) is 2.90. The SMILES string of the molecule is CC1CN(CCC(=O)Nc2cccc(N)c2)CC(C)N1C. The van der Waals surface area contributed by atoms with Gasteiger partial charge in [-0.3, -0.25) is 14.6 Å². The molecule has 21 heavy (non-hydrogen) atoms. The number of nitrogen functional groups attached to an aromatic ring is 1. The predicted molar refractivity (Wildman–Crippen MR) is 87.2 cm³/mol. The van der Waals surface area contributed by atoms with Gasteiger partial charge in [0.05, 0.1) is 0 Å². The molecule has 1 aliphatic heterocycles. The molecule has 1 amide bonds. The van der Waals surface area contributed by atoms with Crippen molar-refractivity contribution in [2.24, 2.45) is 0 Å². The summed E-state index contributed by atoms with van der Waals surface area (Å²) in [5.41, 5.74) is 7.13. The van der Waals surface area contributed by atoms with Crippen LogP contribution in [-0.4, -0.2) is 54.5 Å². The van der Waals surface area contributed by atoms with E-state index in [-0.39, 0.29) is 5.91 Å². The van der Waals surface area contributed by atoms with Gasteiger partial charge in [-0.1, -0.05) is 6.07 Å². The number of anilines is 2. The molecule has 0 bridgehead atoms. The fourth-order valence-electron chi connectivity index (χ4n) is 2.80. The number of hydrogen-bond donors (Lipinski definition) is 2. The van der Waals surface area contributed by atoms with E-state index >= 15 is 0 Å². The van der Waals surface area contributed by atoms with Gasteiger partial charge in [0.2, 0.25) is 5.91 Å². The van der Waals surface area contributed by atoms with Gasteiger partial charge in [-0.15, -0.1) is 0 Å². The van der Waals surface area contributed by atoms with Crippen LogP contribution in [0.1, 0.15) is 20.3 Å². The van der Waals surface area contributed by atoms with Crippen LogP contribution in [0.25, 0.3) is 0 Å². The van der Waals surface area contributed by atoms with E-state index in [4.69, 9.17) is 5.73 Å². The van der Waals surface area contributed by atoms with Gasteiger partial charge >= 0.3 is 0 Å². The van der Waals surface area contributed by atoms with Crippen molar-refractivity contribution >= 4 is 17.3 Å². The van der Waals surface area contributed by atoms with Gasteiger partial charge in [-0.05, 0) is 39.1 Å². The molecule has 116 valence electrons. The first-order valence-corrected chi connectivity index (χ1v) is 7.55. The third-order valence-electron chi connectivity index (χ3n) is 4.26. The lowest BCUT2D eigenvalue weighted by Gasteiger charge is -2.42. The number of rotatable bonds is 4. The minimum Gasteiger partial charge on any atom is -0.399 e. The third-order valence-corrected chi connectivity index (χ3v) is 4.26.